The van der Waals surface area contributed by atoms with Gasteiger partial charge in [-0.2, -0.15) is 0 Å². The smallest absolute Gasteiger partial charge is 0.262 e. The first kappa shape index (κ1) is 19.5. The van der Waals surface area contributed by atoms with E-state index in [1.807, 2.05) is 32.0 Å². The summed E-state index contributed by atoms with van der Waals surface area (Å²) in [7, 11) is 0. The Bertz CT molecular complexity index is 773. The van der Waals surface area contributed by atoms with Crippen LogP contribution in [0.15, 0.2) is 34.2 Å². The van der Waals surface area contributed by atoms with Crippen molar-refractivity contribution in [3.8, 4) is 0 Å². The van der Waals surface area contributed by atoms with E-state index in [4.69, 9.17) is 0 Å². The average molecular weight is 362 g/mol. The van der Waals surface area contributed by atoms with E-state index in [0.717, 1.165) is 12.8 Å². The molecule has 6 heteroatoms. The number of fused-ring (bicyclic) bond motifs is 1. The third-order valence-electron chi connectivity index (χ3n) is 4.12. The minimum absolute atomic E-state index is 0.0148. The topological polar surface area (TPSA) is 64.0 Å². The zero-order valence-corrected chi connectivity index (χ0v) is 16.1. The van der Waals surface area contributed by atoms with Crippen LogP contribution in [0.4, 0.5) is 0 Å². The van der Waals surface area contributed by atoms with Gasteiger partial charge in [0.25, 0.3) is 5.56 Å². The highest BCUT2D eigenvalue weighted by Gasteiger charge is 2.13. The molecule has 0 aliphatic carbocycles. The molecule has 2 aromatic rings. The summed E-state index contributed by atoms with van der Waals surface area (Å²) >= 11 is 1.32. The molecule has 0 aliphatic heterocycles. The number of amides is 1. The molecule has 1 heterocycles. The van der Waals surface area contributed by atoms with Crippen LogP contribution in [-0.2, 0) is 11.3 Å². The highest BCUT2D eigenvalue weighted by molar-refractivity contribution is 7.99. The molecule has 0 saturated heterocycles. The molecule has 1 aromatic carbocycles. The lowest BCUT2D eigenvalue weighted by Crippen LogP contribution is -2.34. The Hall–Kier alpha value is -1.82. The largest absolute Gasteiger partial charge is 0.353 e. The summed E-state index contributed by atoms with van der Waals surface area (Å²) in [5.74, 6) is 0.252. The lowest BCUT2D eigenvalue weighted by Gasteiger charge is -2.14. The first-order valence-corrected chi connectivity index (χ1v) is 9.97. The van der Waals surface area contributed by atoms with Crippen molar-refractivity contribution in [2.24, 2.45) is 0 Å². The number of para-hydroxylation sites is 1. The second kappa shape index (κ2) is 9.61. The average Bonchev–Trinajstić information content (AvgIpc) is 2.60. The zero-order valence-electron chi connectivity index (χ0n) is 15.2. The molecule has 1 atom stereocenters. The Balaban J connectivity index is 2.02. The molecule has 1 aromatic heterocycles. The predicted octanol–water partition coefficient (Wildman–Crippen LogP) is 3.59. The van der Waals surface area contributed by atoms with Crippen molar-refractivity contribution in [3.05, 3.63) is 34.6 Å². The second-order valence-corrected chi connectivity index (χ2v) is 7.16. The van der Waals surface area contributed by atoms with Gasteiger partial charge in [-0.25, -0.2) is 4.98 Å². The Morgan fingerprint density at radius 3 is 2.76 bits per heavy atom. The lowest BCUT2D eigenvalue weighted by molar-refractivity contribution is -0.119. The molecular formula is C19H27N3O2S. The van der Waals surface area contributed by atoms with Crippen LogP contribution in [0.3, 0.4) is 0 Å². The molecule has 1 N–H and O–H groups in total. The first-order chi connectivity index (χ1) is 12.1. The van der Waals surface area contributed by atoms with Gasteiger partial charge < -0.3 is 5.32 Å². The van der Waals surface area contributed by atoms with E-state index in [0.29, 0.717) is 22.6 Å². The number of carbonyl (C=O) groups excluding carboxylic acids is 1. The van der Waals surface area contributed by atoms with Gasteiger partial charge in [0.15, 0.2) is 5.16 Å². The molecule has 0 aliphatic rings. The summed E-state index contributed by atoms with van der Waals surface area (Å²) < 4.78 is 1.63. The van der Waals surface area contributed by atoms with Gasteiger partial charge in [-0.1, -0.05) is 50.1 Å². The summed E-state index contributed by atoms with van der Waals surface area (Å²) in [5, 5.41) is 4.23. The number of unbranched alkanes of at least 4 members (excludes halogenated alkanes) is 2. The van der Waals surface area contributed by atoms with Crippen LogP contribution in [0.2, 0.25) is 0 Å². The van der Waals surface area contributed by atoms with Crippen molar-refractivity contribution >= 4 is 28.6 Å². The van der Waals surface area contributed by atoms with Gasteiger partial charge in [-0.05, 0) is 32.4 Å². The summed E-state index contributed by atoms with van der Waals surface area (Å²) in [6.07, 6.45) is 4.50. The fraction of sp³-hybridized carbons (Fsp3) is 0.526. The molecule has 136 valence electrons. The van der Waals surface area contributed by atoms with Gasteiger partial charge >= 0.3 is 0 Å². The number of hydrogen-bond acceptors (Lipinski definition) is 4. The molecule has 0 bridgehead atoms. The van der Waals surface area contributed by atoms with Crippen LogP contribution in [0, 0.1) is 0 Å². The van der Waals surface area contributed by atoms with Crippen LogP contribution in [0.5, 0.6) is 0 Å². The van der Waals surface area contributed by atoms with E-state index >= 15 is 0 Å². The number of nitrogens with one attached hydrogen (secondary N) is 1. The standard InChI is InChI=1S/C19H27N3O2S/c1-4-6-7-10-14(3)20-17(23)13-25-19-21-16-12-9-8-11-15(16)18(24)22(19)5-2/h8-9,11-12,14H,4-7,10,13H2,1-3H3,(H,20,23)/t14-/m0/s1. The van der Waals surface area contributed by atoms with Crippen molar-refractivity contribution in [1.29, 1.82) is 0 Å². The Kier molecular flexibility index (Phi) is 7.50. The zero-order chi connectivity index (χ0) is 18.2. The second-order valence-electron chi connectivity index (χ2n) is 6.21. The Labute approximate surface area is 153 Å². The minimum atomic E-state index is -0.0519. The number of thioether (sulfide) groups is 1. The normalized spacial score (nSPS) is 12.3. The van der Waals surface area contributed by atoms with Gasteiger partial charge in [0.2, 0.25) is 5.91 Å². The van der Waals surface area contributed by atoms with E-state index in [-0.39, 0.29) is 23.3 Å². The van der Waals surface area contributed by atoms with Gasteiger partial charge in [-0.15, -0.1) is 0 Å². The van der Waals surface area contributed by atoms with E-state index in [1.165, 1.54) is 24.6 Å². The lowest BCUT2D eigenvalue weighted by atomic mass is 10.1. The van der Waals surface area contributed by atoms with Crippen LogP contribution in [0.25, 0.3) is 10.9 Å². The van der Waals surface area contributed by atoms with Gasteiger partial charge in [0.05, 0.1) is 16.7 Å². The number of nitrogens with zero attached hydrogens (tertiary/aromatic N) is 2. The van der Waals surface area contributed by atoms with Crippen molar-refractivity contribution in [3.63, 3.8) is 0 Å². The Morgan fingerprint density at radius 1 is 1.28 bits per heavy atom. The molecule has 0 saturated carbocycles. The van der Waals surface area contributed by atoms with E-state index in [1.54, 1.807) is 10.6 Å². The number of benzene rings is 1. The molecule has 1 amide bonds. The monoisotopic (exact) mass is 361 g/mol. The van der Waals surface area contributed by atoms with Crippen LogP contribution in [0.1, 0.15) is 46.5 Å². The molecule has 0 radical (unpaired) electrons. The first-order valence-electron chi connectivity index (χ1n) is 8.98. The number of hydrogen-bond donors (Lipinski definition) is 1. The van der Waals surface area contributed by atoms with Crippen LogP contribution < -0.4 is 10.9 Å². The van der Waals surface area contributed by atoms with Crippen LogP contribution >= 0.6 is 11.8 Å². The number of carbonyl (C=O) groups is 1. The quantitative estimate of drug-likeness (QED) is 0.421. The SMILES string of the molecule is CCCCC[C@H](C)NC(=O)CSc1nc2ccccc2c(=O)n1CC. The van der Waals surface area contributed by atoms with E-state index in [2.05, 4.69) is 17.2 Å². The van der Waals surface area contributed by atoms with Crippen molar-refractivity contribution < 1.29 is 4.79 Å². The fourth-order valence-corrected chi connectivity index (χ4v) is 3.63. The highest BCUT2D eigenvalue weighted by atomic mass is 32.2. The maximum absolute atomic E-state index is 12.6. The number of aromatic nitrogens is 2. The van der Waals surface area contributed by atoms with Crippen LogP contribution in [-0.4, -0.2) is 27.3 Å². The number of rotatable bonds is 9. The van der Waals surface area contributed by atoms with Crippen molar-refractivity contribution in [2.45, 2.75) is 64.2 Å². The molecule has 2 rings (SSSR count). The van der Waals surface area contributed by atoms with E-state index in [9.17, 15) is 9.59 Å². The Morgan fingerprint density at radius 2 is 2.04 bits per heavy atom. The summed E-state index contributed by atoms with van der Waals surface area (Å²) in [5.41, 5.74) is 0.622. The van der Waals surface area contributed by atoms with E-state index < -0.39 is 0 Å². The minimum Gasteiger partial charge on any atom is -0.353 e. The third kappa shape index (κ3) is 5.33. The molecule has 0 unspecified atom stereocenters. The molecule has 25 heavy (non-hydrogen) atoms. The maximum Gasteiger partial charge on any atom is 0.262 e. The molecular weight excluding hydrogens is 334 g/mol. The predicted molar refractivity (Wildman–Crippen MR) is 104 cm³/mol. The fourth-order valence-electron chi connectivity index (χ4n) is 2.76. The molecule has 0 spiro atoms. The van der Waals surface area contributed by atoms with Gasteiger partial charge in [0.1, 0.15) is 0 Å². The summed E-state index contributed by atoms with van der Waals surface area (Å²) in [6.45, 7) is 6.66. The van der Waals surface area contributed by atoms with Crippen molar-refractivity contribution in [2.75, 3.05) is 5.75 Å². The maximum atomic E-state index is 12.6. The van der Waals surface area contributed by atoms with Gasteiger partial charge in [0, 0.05) is 12.6 Å². The highest BCUT2D eigenvalue weighted by Crippen LogP contribution is 2.17. The summed E-state index contributed by atoms with van der Waals surface area (Å²) in [6, 6.07) is 7.50. The summed E-state index contributed by atoms with van der Waals surface area (Å²) in [4.78, 5) is 29.3. The third-order valence-corrected chi connectivity index (χ3v) is 5.10. The molecule has 0 fully saturated rings. The van der Waals surface area contributed by atoms with Crippen molar-refractivity contribution in [1.82, 2.24) is 14.9 Å². The van der Waals surface area contributed by atoms with Gasteiger partial charge in [-0.3, -0.25) is 14.2 Å². The molecule has 5 nitrogen and oxygen atoms in total.